The smallest absolute Gasteiger partial charge is 0.242 e. The molecule has 2 aliphatic rings. The van der Waals surface area contributed by atoms with Crippen LogP contribution in [-0.4, -0.2) is 67.5 Å². The highest BCUT2D eigenvalue weighted by Crippen LogP contribution is 2.33. The maximum Gasteiger partial charge on any atom is 0.242 e. The minimum Gasteiger partial charge on any atom is -0.381 e. The summed E-state index contributed by atoms with van der Waals surface area (Å²) in [5.41, 5.74) is -1.05. The lowest BCUT2D eigenvalue weighted by Crippen LogP contribution is -2.55. The Balaban J connectivity index is 1.72. The summed E-state index contributed by atoms with van der Waals surface area (Å²) < 4.78 is 1.74. The number of carbonyl (C=O) groups excluding carboxylic acids is 1. The quantitative estimate of drug-likeness (QED) is 0.893. The molecule has 0 aliphatic carbocycles. The van der Waals surface area contributed by atoms with Crippen LogP contribution in [0.25, 0.3) is 0 Å². The van der Waals surface area contributed by atoms with Crippen molar-refractivity contribution in [3.8, 4) is 0 Å². The summed E-state index contributed by atoms with van der Waals surface area (Å²) >= 11 is 0. The molecule has 2 saturated heterocycles. The van der Waals surface area contributed by atoms with Gasteiger partial charge in [-0.15, -0.1) is 5.10 Å². The van der Waals surface area contributed by atoms with Gasteiger partial charge in [0.25, 0.3) is 0 Å². The predicted octanol–water partition coefficient (Wildman–Crippen LogP) is 1.15. The van der Waals surface area contributed by atoms with Crippen LogP contribution in [0, 0.1) is 0 Å². The van der Waals surface area contributed by atoms with Gasteiger partial charge >= 0.3 is 0 Å². The topological polar surface area (TPSA) is 74.5 Å². The molecule has 3 heterocycles. The second-order valence-corrected chi connectivity index (χ2v) is 7.94. The number of nitrogens with zero attached hydrogens (tertiary/aromatic N) is 5. The number of β-amino-alcohol motifs (C(OH)–C–C–N with tert-alkyl or cyclic N) is 1. The monoisotopic (exact) mass is 335 g/mol. The molecule has 1 unspecified atom stereocenters. The van der Waals surface area contributed by atoms with Crippen molar-refractivity contribution in [3.05, 3.63) is 11.9 Å². The molecule has 2 fully saturated rings. The van der Waals surface area contributed by atoms with E-state index in [1.165, 1.54) is 0 Å². The van der Waals surface area contributed by atoms with E-state index in [2.05, 4.69) is 15.2 Å². The number of amides is 1. The van der Waals surface area contributed by atoms with Crippen molar-refractivity contribution >= 4 is 5.91 Å². The number of hydrogen-bond acceptors (Lipinski definition) is 5. The summed E-state index contributed by atoms with van der Waals surface area (Å²) in [6, 6.07) is 0.197. The fraction of sp³-hybridized carbons (Fsp3) is 0.824. The fourth-order valence-corrected chi connectivity index (χ4v) is 3.72. The number of carbonyl (C=O) groups is 1. The minimum absolute atomic E-state index is 0.0941. The maximum absolute atomic E-state index is 13.0. The molecule has 3 rings (SSSR count). The third-order valence-corrected chi connectivity index (χ3v) is 5.47. The van der Waals surface area contributed by atoms with Crippen LogP contribution in [0.4, 0.5) is 0 Å². The summed E-state index contributed by atoms with van der Waals surface area (Å²) in [5, 5.41) is 19.2. The molecule has 1 aromatic rings. The Labute approximate surface area is 143 Å². The lowest BCUT2D eigenvalue weighted by Gasteiger charge is -2.37. The number of hydrogen-bond donors (Lipinski definition) is 1. The number of aliphatic hydroxyl groups is 1. The van der Waals surface area contributed by atoms with Crippen LogP contribution < -0.4 is 0 Å². The van der Waals surface area contributed by atoms with E-state index in [1.54, 1.807) is 15.8 Å². The Morgan fingerprint density at radius 1 is 1.29 bits per heavy atom. The zero-order valence-corrected chi connectivity index (χ0v) is 15.2. The Bertz CT molecular complexity index is 606. The maximum atomic E-state index is 13.0. The Morgan fingerprint density at radius 2 is 1.96 bits per heavy atom. The highest BCUT2D eigenvalue weighted by molar-refractivity contribution is 5.86. The van der Waals surface area contributed by atoms with Crippen molar-refractivity contribution in [1.82, 2.24) is 24.8 Å². The standard InChI is InChI=1S/C17H29N5O2/c1-13(2)22-11-14(18-19-22)17(24)7-10-20(12-17)15(23)16(3,4)21-8-5-6-9-21/h11,13,24H,5-10,12H2,1-4H3. The first-order valence-corrected chi connectivity index (χ1v) is 8.93. The highest BCUT2D eigenvalue weighted by Gasteiger charge is 2.46. The van der Waals surface area contributed by atoms with Gasteiger partial charge in [-0.25, -0.2) is 4.68 Å². The van der Waals surface area contributed by atoms with Crippen LogP contribution in [0.15, 0.2) is 6.20 Å². The molecule has 0 radical (unpaired) electrons. The van der Waals surface area contributed by atoms with Crippen LogP contribution in [0.5, 0.6) is 0 Å². The first-order chi connectivity index (χ1) is 11.2. The molecule has 1 N–H and O–H groups in total. The van der Waals surface area contributed by atoms with E-state index in [4.69, 9.17) is 0 Å². The molecule has 0 aromatic carbocycles. The average molecular weight is 335 g/mol. The molecule has 134 valence electrons. The largest absolute Gasteiger partial charge is 0.381 e. The van der Waals surface area contributed by atoms with Gasteiger partial charge in [-0.1, -0.05) is 5.21 Å². The number of rotatable bonds is 4. The van der Waals surface area contributed by atoms with Gasteiger partial charge in [-0.05, 0) is 53.6 Å². The normalized spacial score (nSPS) is 25.8. The first-order valence-electron chi connectivity index (χ1n) is 8.93. The van der Waals surface area contributed by atoms with Gasteiger partial charge in [0, 0.05) is 19.0 Å². The van der Waals surface area contributed by atoms with Crippen molar-refractivity contribution in [1.29, 1.82) is 0 Å². The molecule has 0 spiro atoms. The van der Waals surface area contributed by atoms with Gasteiger partial charge in [-0.2, -0.15) is 0 Å². The number of aromatic nitrogens is 3. The summed E-state index contributed by atoms with van der Waals surface area (Å²) in [7, 11) is 0. The summed E-state index contributed by atoms with van der Waals surface area (Å²) in [6.45, 7) is 10.8. The zero-order chi connectivity index (χ0) is 17.5. The molecule has 1 atom stereocenters. The fourth-order valence-electron chi connectivity index (χ4n) is 3.72. The lowest BCUT2D eigenvalue weighted by molar-refractivity contribution is -0.142. The molecule has 7 nitrogen and oxygen atoms in total. The molecule has 0 bridgehead atoms. The molecule has 1 aromatic heterocycles. The van der Waals surface area contributed by atoms with Gasteiger partial charge in [0.2, 0.25) is 5.91 Å². The highest BCUT2D eigenvalue weighted by atomic mass is 16.3. The van der Waals surface area contributed by atoms with E-state index < -0.39 is 11.1 Å². The summed E-state index contributed by atoms with van der Waals surface area (Å²) in [4.78, 5) is 17.1. The van der Waals surface area contributed by atoms with Gasteiger partial charge in [0.15, 0.2) is 0 Å². The van der Waals surface area contributed by atoms with Crippen LogP contribution in [-0.2, 0) is 10.4 Å². The van der Waals surface area contributed by atoms with Gasteiger partial charge < -0.3 is 10.0 Å². The first kappa shape index (κ1) is 17.4. The number of likely N-dealkylation sites (tertiary alicyclic amines) is 2. The van der Waals surface area contributed by atoms with Crippen LogP contribution >= 0.6 is 0 Å². The third kappa shape index (κ3) is 2.95. The van der Waals surface area contributed by atoms with Crippen molar-refractivity contribution in [2.45, 2.75) is 64.1 Å². The Kier molecular flexibility index (Phi) is 4.42. The van der Waals surface area contributed by atoms with Gasteiger partial charge in [0.1, 0.15) is 11.3 Å². The van der Waals surface area contributed by atoms with Crippen LogP contribution in [0.1, 0.15) is 58.7 Å². The van der Waals surface area contributed by atoms with Crippen molar-refractivity contribution in [2.75, 3.05) is 26.2 Å². The van der Waals surface area contributed by atoms with Crippen LogP contribution in [0.3, 0.4) is 0 Å². The van der Waals surface area contributed by atoms with E-state index in [9.17, 15) is 9.90 Å². The van der Waals surface area contributed by atoms with Crippen molar-refractivity contribution < 1.29 is 9.90 Å². The third-order valence-electron chi connectivity index (χ3n) is 5.47. The SMILES string of the molecule is CC(C)n1cc(C2(O)CCN(C(=O)C(C)(C)N3CCCC3)C2)nn1. The second kappa shape index (κ2) is 6.11. The Morgan fingerprint density at radius 3 is 2.54 bits per heavy atom. The summed E-state index contributed by atoms with van der Waals surface area (Å²) in [6.07, 6.45) is 4.60. The Hall–Kier alpha value is -1.47. The minimum atomic E-state index is -1.09. The van der Waals surface area contributed by atoms with E-state index in [0.717, 1.165) is 25.9 Å². The molecule has 24 heavy (non-hydrogen) atoms. The summed E-state index contributed by atoms with van der Waals surface area (Å²) in [5.74, 6) is 0.0941. The molecule has 2 aliphatic heterocycles. The lowest BCUT2D eigenvalue weighted by atomic mass is 9.99. The second-order valence-electron chi connectivity index (χ2n) is 7.94. The average Bonchev–Trinajstić information content (AvgIpc) is 3.26. The zero-order valence-electron chi connectivity index (χ0n) is 15.2. The molecule has 1 amide bonds. The van der Waals surface area contributed by atoms with Crippen molar-refractivity contribution in [2.24, 2.45) is 0 Å². The molecular formula is C17H29N5O2. The van der Waals surface area contributed by atoms with Crippen LogP contribution in [0.2, 0.25) is 0 Å². The van der Waals surface area contributed by atoms with Gasteiger partial charge in [0.05, 0.1) is 18.3 Å². The molecular weight excluding hydrogens is 306 g/mol. The van der Waals surface area contributed by atoms with E-state index in [1.807, 2.05) is 27.7 Å². The van der Waals surface area contributed by atoms with E-state index in [-0.39, 0.29) is 11.9 Å². The molecule has 0 saturated carbocycles. The molecule has 7 heteroatoms. The van der Waals surface area contributed by atoms with E-state index in [0.29, 0.717) is 25.2 Å². The predicted molar refractivity (Wildman–Crippen MR) is 90.4 cm³/mol. The van der Waals surface area contributed by atoms with E-state index >= 15 is 0 Å². The van der Waals surface area contributed by atoms with Crippen molar-refractivity contribution in [3.63, 3.8) is 0 Å². The van der Waals surface area contributed by atoms with Gasteiger partial charge in [-0.3, -0.25) is 9.69 Å².